The SMILES string of the molecule is NCC(Cc1ccc(C(=O)O)cc1)c1ccc2c(c1)OCCO2. The minimum absolute atomic E-state index is 0.140. The minimum Gasteiger partial charge on any atom is -0.486 e. The molecule has 5 nitrogen and oxygen atoms in total. The van der Waals surface area contributed by atoms with E-state index in [1.54, 1.807) is 12.1 Å². The zero-order chi connectivity index (χ0) is 16.2. The summed E-state index contributed by atoms with van der Waals surface area (Å²) < 4.78 is 11.2. The molecule has 1 aliphatic rings. The van der Waals surface area contributed by atoms with Crippen LogP contribution in [-0.4, -0.2) is 30.8 Å². The third kappa shape index (κ3) is 3.46. The van der Waals surface area contributed by atoms with Crippen molar-refractivity contribution >= 4 is 5.97 Å². The van der Waals surface area contributed by atoms with Gasteiger partial charge in [-0.3, -0.25) is 0 Å². The summed E-state index contributed by atoms with van der Waals surface area (Å²) in [6.45, 7) is 1.63. The van der Waals surface area contributed by atoms with Gasteiger partial charge in [0.05, 0.1) is 5.56 Å². The minimum atomic E-state index is -0.918. The van der Waals surface area contributed by atoms with Crippen molar-refractivity contribution in [2.24, 2.45) is 5.73 Å². The smallest absolute Gasteiger partial charge is 0.335 e. The molecular formula is C18H19NO4. The van der Waals surface area contributed by atoms with Gasteiger partial charge in [-0.05, 0) is 48.4 Å². The van der Waals surface area contributed by atoms with Crippen molar-refractivity contribution in [3.05, 3.63) is 59.2 Å². The number of carbonyl (C=O) groups is 1. The molecule has 0 fully saturated rings. The van der Waals surface area contributed by atoms with Crippen molar-refractivity contribution in [3.63, 3.8) is 0 Å². The Hall–Kier alpha value is -2.53. The van der Waals surface area contributed by atoms with Gasteiger partial charge in [0.1, 0.15) is 13.2 Å². The Balaban J connectivity index is 1.78. The highest BCUT2D eigenvalue weighted by Crippen LogP contribution is 2.33. The second-order valence-electron chi connectivity index (χ2n) is 5.54. The molecule has 1 aliphatic heterocycles. The molecule has 0 amide bonds. The van der Waals surface area contributed by atoms with Crippen LogP contribution in [-0.2, 0) is 6.42 Å². The molecule has 1 unspecified atom stereocenters. The average molecular weight is 313 g/mol. The molecule has 0 radical (unpaired) electrons. The van der Waals surface area contributed by atoms with E-state index < -0.39 is 5.97 Å². The highest BCUT2D eigenvalue weighted by Gasteiger charge is 2.17. The fourth-order valence-electron chi connectivity index (χ4n) is 2.72. The summed E-state index contributed by atoms with van der Waals surface area (Å²) in [5.74, 6) is 0.746. The number of aromatic carboxylic acids is 1. The van der Waals surface area contributed by atoms with Gasteiger partial charge in [0.2, 0.25) is 0 Å². The second-order valence-corrected chi connectivity index (χ2v) is 5.54. The highest BCUT2D eigenvalue weighted by atomic mass is 16.6. The summed E-state index contributed by atoms with van der Waals surface area (Å²) in [6.07, 6.45) is 0.746. The predicted molar refractivity (Wildman–Crippen MR) is 86.3 cm³/mol. The van der Waals surface area contributed by atoms with Crippen LogP contribution in [0.1, 0.15) is 27.4 Å². The highest BCUT2D eigenvalue weighted by molar-refractivity contribution is 5.87. The lowest BCUT2D eigenvalue weighted by Crippen LogP contribution is -2.18. The zero-order valence-electron chi connectivity index (χ0n) is 12.7. The van der Waals surface area contributed by atoms with Gasteiger partial charge in [0, 0.05) is 5.92 Å². The number of nitrogens with two attached hydrogens (primary N) is 1. The van der Waals surface area contributed by atoms with E-state index in [1.807, 2.05) is 30.3 Å². The van der Waals surface area contributed by atoms with Gasteiger partial charge in [0.25, 0.3) is 0 Å². The Morgan fingerprint density at radius 1 is 1.09 bits per heavy atom. The van der Waals surface area contributed by atoms with E-state index in [0.717, 1.165) is 29.0 Å². The van der Waals surface area contributed by atoms with Crippen molar-refractivity contribution in [1.82, 2.24) is 0 Å². The van der Waals surface area contributed by atoms with Crippen molar-refractivity contribution in [3.8, 4) is 11.5 Å². The van der Waals surface area contributed by atoms with Crippen LogP contribution in [0.25, 0.3) is 0 Å². The Labute approximate surface area is 134 Å². The molecule has 1 atom stereocenters. The molecule has 5 heteroatoms. The lowest BCUT2D eigenvalue weighted by atomic mass is 9.91. The molecule has 0 bridgehead atoms. The Kier molecular flexibility index (Phi) is 4.48. The van der Waals surface area contributed by atoms with Crippen LogP contribution >= 0.6 is 0 Å². The number of rotatable bonds is 5. The maximum Gasteiger partial charge on any atom is 0.335 e. The van der Waals surface area contributed by atoms with E-state index in [-0.39, 0.29) is 11.5 Å². The van der Waals surface area contributed by atoms with Crippen LogP contribution in [0.3, 0.4) is 0 Å². The number of hydrogen-bond donors (Lipinski definition) is 2. The maximum atomic E-state index is 10.9. The fourth-order valence-corrected chi connectivity index (χ4v) is 2.72. The predicted octanol–water partition coefficient (Wildman–Crippen LogP) is 2.44. The van der Waals surface area contributed by atoms with Gasteiger partial charge in [-0.15, -0.1) is 0 Å². The monoisotopic (exact) mass is 313 g/mol. The van der Waals surface area contributed by atoms with Gasteiger partial charge in [-0.1, -0.05) is 18.2 Å². The van der Waals surface area contributed by atoms with E-state index in [1.165, 1.54) is 0 Å². The number of carboxylic acid groups (broad SMARTS) is 1. The molecule has 0 aromatic heterocycles. The molecule has 23 heavy (non-hydrogen) atoms. The molecule has 0 aliphatic carbocycles. The molecular weight excluding hydrogens is 294 g/mol. The Morgan fingerprint density at radius 3 is 2.43 bits per heavy atom. The van der Waals surface area contributed by atoms with Crippen molar-refractivity contribution in [2.75, 3.05) is 19.8 Å². The third-order valence-electron chi connectivity index (χ3n) is 4.01. The van der Waals surface area contributed by atoms with Gasteiger partial charge in [-0.2, -0.15) is 0 Å². The van der Waals surface area contributed by atoms with Crippen LogP contribution in [0, 0.1) is 0 Å². The molecule has 0 spiro atoms. The lowest BCUT2D eigenvalue weighted by molar-refractivity contribution is 0.0697. The fraction of sp³-hybridized carbons (Fsp3) is 0.278. The van der Waals surface area contributed by atoms with Gasteiger partial charge >= 0.3 is 5.97 Å². The Morgan fingerprint density at radius 2 is 1.78 bits per heavy atom. The van der Waals surface area contributed by atoms with Gasteiger partial charge in [-0.25, -0.2) is 4.79 Å². The van der Waals surface area contributed by atoms with Gasteiger partial charge in [0.15, 0.2) is 11.5 Å². The van der Waals surface area contributed by atoms with E-state index in [0.29, 0.717) is 19.8 Å². The van der Waals surface area contributed by atoms with Gasteiger partial charge < -0.3 is 20.3 Å². The van der Waals surface area contributed by atoms with Crippen molar-refractivity contribution in [2.45, 2.75) is 12.3 Å². The quantitative estimate of drug-likeness (QED) is 0.886. The van der Waals surface area contributed by atoms with Crippen LogP contribution in [0.15, 0.2) is 42.5 Å². The van der Waals surface area contributed by atoms with Crippen LogP contribution in [0.2, 0.25) is 0 Å². The molecule has 120 valence electrons. The van der Waals surface area contributed by atoms with Crippen LogP contribution < -0.4 is 15.2 Å². The summed E-state index contributed by atoms with van der Waals surface area (Å²) in [6, 6.07) is 12.8. The Bertz CT molecular complexity index is 697. The summed E-state index contributed by atoms with van der Waals surface area (Å²) in [5.41, 5.74) is 8.38. The third-order valence-corrected chi connectivity index (χ3v) is 4.01. The topological polar surface area (TPSA) is 81.8 Å². The molecule has 0 saturated heterocycles. The van der Waals surface area contributed by atoms with Crippen molar-refractivity contribution < 1.29 is 19.4 Å². The number of carboxylic acids is 1. The first-order valence-electron chi connectivity index (χ1n) is 7.59. The van der Waals surface area contributed by atoms with E-state index >= 15 is 0 Å². The molecule has 0 saturated carbocycles. The van der Waals surface area contributed by atoms with Crippen LogP contribution in [0.4, 0.5) is 0 Å². The molecule has 3 N–H and O–H groups in total. The molecule has 2 aromatic rings. The number of ether oxygens (including phenoxy) is 2. The van der Waals surface area contributed by atoms with E-state index in [2.05, 4.69) is 0 Å². The largest absolute Gasteiger partial charge is 0.486 e. The first-order valence-corrected chi connectivity index (χ1v) is 7.59. The summed E-state index contributed by atoms with van der Waals surface area (Å²) in [4.78, 5) is 10.9. The van der Waals surface area contributed by atoms with E-state index in [9.17, 15) is 4.79 Å². The lowest BCUT2D eigenvalue weighted by Gasteiger charge is -2.21. The molecule has 2 aromatic carbocycles. The first kappa shape index (κ1) is 15.4. The first-order chi connectivity index (χ1) is 11.2. The molecule has 3 rings (SSSR count). The second kappa shape index (κ2) is 6.71. The summed E-state index contributed by atoms with van der Waals surface area (Å²) >= 11 is 0. The standard InChI is InChI=1S/C18H19NO4/c19-11-15(9-12-1-3-13(4-2-12)18(20)21)14-5-6-16-17(10-14)23-8-7-22-16/h1-6,10,15H,7-9,11,19H2,(H,20,21). The maximum absolute atomic E-state index is 10.9. The van der Waals surface area contributed by atoms with Crippen molar-refractivity contribution in [1.29, 1.82) is 0 Å². The average Bonchev–Trinajstić information content (AvgIpc) is 2.59. The number of benzene rings is 2. The van der Waals surface area contributed by atoms with Crippen LogP contribution in [0.5, 0.6) is 11.5 Å². The number of hydrogen-bond acceptors (Lipinski definition) is 4. The normalized spacial score (nSPS) is 14.3. The summed E-state index contributed by atoms with van der Waals surface area (Å²) in [7, 11) is 0. The molecule has 1 heterocycles. The number of fused-ring (bicyclic) bond motifs is 1. The summed E-state index contributed by atoms with van der Waals surface area (Å²) in [5, 5.41) is 8.95. The zero-order valence-corrected chi connectivity index (χ0v) is 12.7. The van der Waals surface area contributed by atoms with E-state index in [4.69, 9.17) is 20.3 Å².